The van der Waals surface area contributed by atoms with E-state index in [1.807, 2.05) is 4.90 Å². The molecule has 4 rings (SSSR count). The molecule has 0 radical (unpaired) electrons. The molecule has 4 nitrogen and oxygen atoms in total. The lowest BCUT2D eigenvalue weighted by Crippen LogP contribution is -2.45. The summed E-state index contributed by atoms with van der Waals surface area (Å²) < 4.78 is 7.99. The molecule has 0 N–H and O–H groups in total. The summed E-state index contributed by atoms with van der Waals surface area (Å²) in [6.45, 7) is 0.666. The molecule has 1 amide bonds. The van der Waals surface area contributed by atoms with Gasteiger partial charge in [-0.15, -0.1) is 0 Å². The Balaban J connectivity index is 1.64. The fourth-order valence-electron chi connectivity index (χ4n) is 3.76. The van der Waals surface area contributed by atoms with Crippen molar-refractivity contribution in [1.29, 1.82) is 0 Å². The normalized spacial score (nSPS) is 25.6. The third-order valence-electron chi connectivity index (χ3n) is 4.75. The van der Waals surface area contributed by atoms with Crippen molar-refractivity contribution in [3.05, 3.63) is 36.0 Å². The van der Waals surface area contributed by atoms with Crippen LogP contribution in [0.3, 0.4) is 0 Å². The van der Waals surface area contributed by atoms with Crippen molar-refractivity contribution in [3.8, 4) is 0 Å². The van der Waals surface area contributed by atoms with E-state index in [9.17, 15) is 4.79 Å². The lowest BCUT2D eigenvalue weighted by Gasteiger charge is -2.31. The van der Waals surface area contributed by atoms with E-state index >= 15 is 0 Å². The van der Waals surface area contributed by atoms with Crippen LogP contribution in [-0.2, 0) is 23.0 Å². The minimum Gasteiger partial charge on any atom is -0.356 e. The molecule has 3 heterocycles. The number of fused-ring (bicyclic) bond motifs is 2. The molecule has 0 unspecified atom stereocenters. The van der Waals surface area contributed by atoms with Crippen LogP contribution in [0.25, 0.3) is 10.9 Å². The molecule has 2 aromatic rings. The highest BCUT2D eigenvalue weighted by molar-refractivity contribution is 5.84. The van der Waals surface area contributed by atoms with E-state index in [-0.39, 0.29) is 18.2 Å². The van der Waals surface area contributed by atoms with E-state index in [4.69, 9.17) is 4.74 Å². The van der Waals surface area contributed by atoms with Crippen LogP contribution in [0.4, 0.5) is 0 Å². The van der Waals surface area contributed by atoms with Crippen LogP contribution in [0, 0.1) is 0 Å². The van der Waals surface area contributed by atoms with Crippen LogP contribution < -0.4 is 0 Å². The zero-order chi connectivity index (χ0) is 14.4. The van der Waals surface area contributed by atoms with E-state index in [0.717, 1.165) is 19.3 Å². The maximum Gasteiger partial charge on any atom is 0.224 e. The van der Waals surface area contributed by atoms with Crippen LogP contribution in [0.1, 0.15) is 24.8 Å². The molecule has 1 aromatic heterocycles. The third-order valence-corrected chi connectivity index (χ3v) is 4.75. The van der Waals surface area contributed by atoms with Gasteiger partial charge in [0, 0.05) is 30.6 Å². The molecule has 110 valence electrons. The van der Waals surface area contributed by atoms with Crippen molar-refractivity contribution in [2.45, 2.75) is 38.0 Å². The largest absolute Gasteiger partial charge is 0.356 e. The first kappa shape index (κ1) is 12.9. The molecule has 2 aliphatic rings. The second kappa shape index (κ2) is 4.88. The van der Waals surface area contributed by atoms with Gasteiger partial charge in [0.1, 0.15) is 6.23 Å². The monoisotopic (exact) mass is 284 g/mol. The summed E-state index contributed by atoms with van der Waals surface area (Å²) >= 11 is 0. The number of hydrogen-bond donors (Lipinski definition) is 0. The molecular weight excluding hydrogens is 264 g/mol. The number of ether oxygens (including phenoxy) is 1. The second-order valence-corrected chi connectivity index (χ2v) is 6.12. The summed E-state index contributed by atoms with van der Waals surface area (Å²) in [7, 11) is 2.08. The van der Waals surface area contributed by atoms with Gasteiger partial charge < -0.3 is 14.2 Å². The Kier molecular flexibility index (Phi) is 3.00. The molecule has 2 fully saturated rings. The summed E-state index contributed by atoms with van der Waals surface area (Å²) in [5.74, 6) is 0.258. The van der Waals surface area contributed by atoms with Gasteiger partial charge in [0.2, 0.25) is 5.91 Å². The number of benzene rings is 1. The molecule has 2 saturated heterocycles. The highest BCUT2D eigenvalue weighted by Gasteiger charge is 2.40. The van der Waals surface area contributed by atoms with Gasteiger partial charge >= 0.3 is 0 Å². The Morgan fingerprint density at radius 3 is 3.10 bits per heavy atom. The topological polar surface area (TPSA) is 34.5 Å². The number of carbonyl (C=O) groups is 1. The van der Waals surface area contributed by atoms with Crippen LogP contribution in [0.2, 0.25) is 0 Å². The summed E-state index contributed by atoms with van der Waals surface area (Å²) in [5, 5.41) is 1.29. The summed E-state index contributed by atoms with van der Waals surface area (Å²) in [4.78, 5) is 14.2. The molecular formula is C17H20N2O2. The molecule has 0 bridgehead atoms. The second-order valence-electron chi connectivity index (χ2n) is 6.12. The van der Waals surface area contributed by atoms with Crippen molar-refractivity contribution in [3.63, 3.8) is 0 Å². The van der Waals surface area contributed by atoms with E-state index in [1.165, 1.54) is 16.5 Å². The Hall–Kier alpha value is -1.81. The lowest BCUT2D eigenvalue weighted by atomic mass is 10.0. The van der Waals surface area contributed by atoms with Gasteiger partial charge in [-0.25, -0.2) is 0 Å². The smallest absolute Gasteiger partial charge is 0.224 e. The molecule has 2 atom stereocenters. The maximum atomic E-state index is 12.2. The minimum atomic E-state index is 0.0197. The van der Waals surface area contributed by atoms with Crippen LogP contribution in [-0.4, -0.2) is 34.3 Å². The fourth-order valence-corrected chi connectivity index (χ4v) is 3.76. The molecule has 2 aliphatic heterocycles. The number of nitrogens with zero attached hydrogens (tertiary/aromatic N) is 2. The van der Waals surface area contributed by atoms with Gasteiger partial charge in [-0.2, -0.15) is 0 Å². The maximum absolute atomic E-state index is 12.2. The van der Waals surface area contributed by atoms with Crippen molar-refractivity contribution in [1.82, 2.24) is 9.47 Å². The fraction of sp³-hybridized carbons (Fsp3) is 0.471. The predicted octanol–water partition coefficient (Wildman–Crippen LogP) is 2.46. The van der Waals surface area contributed by atoms with Crippen LogP contribution in [0.5, 0.6) is 0 Å². The number of hydrogen-bond acceptors (Lipinski definition) is 2. The molecule has 4 heteroatoms. The SMILES string of the molecule is Cn1cc(C[C@@H]2CO[C@H]3CCCC(=O)N23)c2ccccc21. The van der Waals surface area contributed by atoms with E-state index < -0.39 is 0 Å². The van der Waals surface area contributed by atoms with Gasteiger partial charge in [0.25, 0.3) is 0 Å². The molecule has 21 heavy (non-hydrogen) atoms. The van der Waals surface area contributed by atoms with Crippen molar-refractivity contribution in [2.75, 3.05) is 6.61 Å². The van der Waals surface area contributed by atoms with Gasteiger partial charge in [-0.1, -0.05) is 18.2 Å². The van der Waals surface area contributed by atoms with Crippen molar-refractivity contribution in [2.24, 2.45) is 7.05 Å². The average Bonchev–Trinajstić information content (AvgIpc) is 3.04. The summed E-state index contributed by atoms with van der Waals surface area (Å²) in [5.41, 5.74) is 2.55. The van der Waals surface area contributed by atoms with Crippen LogP contribution >= 0.6 is 0 Å². The standard InChI is InChI=1S/C17H20N2O2/c1-18-10-12(14-5-2-3-6-15(14)18)9-13-11-21-17-8-4-7-16(20)19(13)17/h2-3,5-6,10,13,17H,4,7-9,11H2,1H3/t13-,17+/m1/s1. The number of aryl methyl sites for hydroxylation is 1. The van der Waals surface area contributed by atoms with Gasteiger partial charge in [0.05, 0.1) is 12.6 Å². The van der Waals surface area contributed by atoms with Gasteiger partial charge in [-0.3, -0.25) is 4.79 Å². The highest BCUT2D eigenvalue weighted by atomic mass is 16.5. The molecule has 0 saturated carbocycles. The highest BCUT2D eigenvalue weighted by Crippen LogP contribution is 2.31. The number of rotatable bonds is 2. The lowest BCUT2D eigenvalue weighted by molar-refractivity contribution is -0.142. The Bertz CT molecular complexity index is 691. The third kappa shape index (κ3) is 2.05. The summed E-state index contributed by atoms with van der Waals surface area (Å²) in [6.07, 6.45) is 5.70. The molecule has 0 aliphatic carbocycles. The number of piperidine rings is 1. The molecule has 0 spiro atoms. The van der Waals surface area contributed by atoms with E-state index in [0.29, 0.717) is 13.0 Å². The molecule has 1 aromatic carbocycles. The Morgan fingerprint density at radius 2 is 2.19 bits per heavy atom. The first-order valence-electron chi connectivity index (χ1n) is 7.70. The van der Waals surface area contributed by atoms with Gasteiger partial charge in [-0.05, 0) is 30.9 Å². The van der Waals surface area contributed by atoms with Crippen LogP contribution in [0.15, 0.2) is 30.5 Å². The summed E-state index contributed by atoms with van der Waals surface area (Å²) in [6, 6.07) is 8.63. The number of carbonyl (C=O) groups excluding carboxylic acids is 1. The van der Waals surface area contributed by atoms with E-state index in [1.54, 1.807) is 0 Å². The zero-order valence-electron chi connectivity index (χ0n) is 12.3. The predicted molar refractivity (Wildman–Crippen MR) is 80.8 cm³/mol. The Labute approximate surface area is 124 Å². The van der Waals surface area contributed by atoms with E-state index in [2.05, 4.69) is 42.1 Å². The first-order chi connectivity index (χ1) is 10.2. The minimum absolute atomic E-state index is 0.0197. The van der Waals surface area contributed by atoms with Crippen molar-refractivity contribution < 1.29 is 9.53 Å². The van der Waals surface area contributed by atoms with Gasteiger partial charge in [0.15, 0.2) is 0 Å². The average molecular weight is 284 g/mol. The zero-order valence-corrected chi connectivity index (χ0v) is 12.3. The number of amides is 1. The number of para-hydroxylation sites is 1. The Morgan fingerprint density at radius 1 is 1.33 bits per heavy atom. The first-order valence-corrected chi connectivity index (χ1v) is 7.70. The van der Waals surface area contributed by atoms with Crippen molar-refractivity contribution >= 4 is 16.8 Å². The quantitative estimate of drug-likeness (QED) is 0.849. The number of aromatic nitrogens is 1.